The lowest BCUT2D eigenvalue weighted by molar-refractivity contribution is -0.384. The van der Waals surface area contributed by atoms with Gasteiger partial charge in [0.15, 0.2) is 0 Å². The van der Waals surface area contributed by atoms with Crippen molar-refractivity contribution < 1.29 is 9.31 Å². The van der Waals surface area contributed by atoms with Crippen LogP contribution in [-0.2, 0) is 0 Å². The minimum absolute atomic E-state index is 0.0668. The Bertz CT molecular complexity index is 888. The van der Waals surface area contributed by atoms with E-state index in [0.717, 1.165) is 50.6 Å². The number of hydrogen-bond donors (Lipinski definition) is 2. The van der Waals surface area contributed by atoms with Gasteiger partial charge in [-0.05, 0) is 50.1 Å². The van der Waals surface area contributed by atoms with E-state index >= 15 is 0 Å². The Morgan fingerprint density at radius 1 is 1.17 bits per heavy atom. The molecule has 0 saturated carbocycles. The maximum atomic E-state index is 14.1. The molecule has 1 aromatic carbocycles. The fourth-order valence-corrected chi connectivity index (χ4v) is 4.08. The predicted octanol–water partition coefficient (Wildman–Crippen LogP) is 3.47. The fourth-order valence-electron chi connectivity index (χ4n) is 4.08. The lowest BCUT2D eigenvalue weighted by atomic mass is 10.0. The quantitative estimate of drug-likeness (QED) is 0.572. The molecule has 2 aliphatic rings. The van der Waals surface area contributed by atoms with Crippen LogP contribution in [0.25, 0.3) is 0 Å². The monoisotopic (exact) mass is 414 g/mol. The molecule has 0 radical (unpaired) electrons. The van der Waals surface area contributed by atoms with E-state index in [4.69, 9.17) is 0 Å². The molecule has 0 spiro atoms. The maximum Gasteiger partial charge on any atom is 0.311 e. The summed E-state index contributed by atoms with van der Waals surface area (Å²) in [5.41, 5.74) is 1.59. The molecule has 2 aromatic rings. The number of pyridine rings is 1. The summed E-state index contributed by atoms with van der Waals surface area (Å²) < 4.78 is 14.1. The van der Waals surface area contributed by atoms with Gasteiger partial charge in [0.05, 0.1) is 11.0 Å². The number of aromatic nitrogens is 1. The molecule has 0 amide bonds. The van der Waals surface area contributed by atoms with Crippen LogP contribution in [0.3, 0.4) is 0 Å². The zero-order valence-electron chi connectivity index (χ0n) is 17.1. The average molecular weight is 414 g/mol. The Hall–Kier alpha value is -2.94. The van der Waals surface area contributed by atoms with Gasteiger partial charge in [-0.3, -0.25) is 10.1 Å². The first-order valence-corrected chi connectivity index (χ1v) is 10.4. The summed E-state index contributed by atoms with van der Waals surface area (Å²) in [7, 11) is 0. The minimum Gasteiger partial charge on any atom is -0.366 e. The summed E-state index contributed by atoms with van der Waals surface area (Å²) in [5, 5.41) is 17.9. The van der Waals surface area contributed by atoms with Gasteiger partial charge in [-0.2, -0.15) is 0 Å². The second kappa shape index (κ2) is 8.83. The molecule has 1 aromatic heterocycles. The predicted molar refractivity (Wildman–Crippen MR) is 117 cm³/mol. The molecule has 2 atom stereocenters. The van der Waals surface area contributed by atoms with Gasteiger partial charge in [-0.1, -0.05) is 0 Å². The van der Waals surface area contributed by atoms with Crippen LogP contribution in [0.1, 0.15) is 19.8 Å². The third kappa shape index (κ3) is 4.30. The molecule has 0 aliphatic carbocycles. The molecule has 2 unspecified atom stereocenters. The van der Waals surface area contributed by atoms with Gasteiger partial charge in [0.2, 0.25) is 5.82 Å². The van der Waals surface area contributed by atoms with Gasteiger partial charge in [-0.25, -0.2) is 9.37 Å². The summed E-state index contributed by atoms with van der Waals surface area (Å²) in [5.74, 6) is 0.941. The molecule has 160 valence electrons. The van der Waals surface area contributed by atoms with Crippen molar-refractivity contribution in [2.75, 3.05) is 47.8 Å². The van der Waals surface area contributed by atoms with E-state index in [1.165, 1.54) is 6.07 Å². The second-order valence-corrected chi connectivity index (χ2v) is 7.80. The van der Waals surface area contributed by atoms with Gasteiger partial charge in [0, 0.05) is 50.2 Å². The largest absolute Gasteiger partial charge is 0.366 e. The average Bonchev–Trinajstić information content (AvgIpc) is 2.77. The number of nitrogens with one attached hydrogen (secondary N) is 2. The number of nitro groups is 1. The van der Waals surface area contributed by atoms with Crippen LogP contribution >= 0.6 is 0 Å². The van der Waals surface area contributed by atoms with E-state index in [2.05, 4.69) is 25.4 Å². The molecular formula is C21H27FN6O2. The molecule has 2 saturated heterocycles. The van der Waals surface area contributed by atoms with Gasteiger partial charge in [0.1, 0.15) is 12.0 Å². The molecule has 3 heterocycles. The van der Waals surface area contributed by atoms with Crippen LogP contribution in [0.15, 0.2) is 36.4 Å². The summed E-state index contributed by atoms with van der Waals surface area (Å²) in [4.78, 5) is 19.8. The van der Waals surface area contributed by atoms with Crippen molar-refractivity contribution >= 4 is 28.7 Å². The summed E-state index contributed by atoms with van der Waals surface area (Å²) in [6, 6.07) is 10.6. The zero-order chi connectivity index (χ0) is 21.1. The highest BCUT2D eigenvalue weighted by Gasteiger charge is 2.27. The lowest BCUT2D eigenvalue weighted by Gasteiger charge is -2.37. The third-order valence-electron chi connectivity index (χ3n) is 5.85. The third-order valence-corrected chi connectivity index (χ3v) is 5.85. The minimum atomic E-state index is -0.823. The molecule has 0 bridgehead atoms. The number of piperazine rings is 1. The number of piperidine rings is 1. The van der Waals surface area contributed by atoms with Crippen molar-refractivity contribution in [1.82, 2.24) is 10.3 Å². The first-order valence-electron chi connectivity index (χ1n) is 10.4. The van der Waals surface area contributed by atoms with Crippen molar-refractivity contribution in [2.24, 2.45) is 0 Å². The van der Waals surface area contributed by atoms with E-state index in [0.29, 0.717) is 12.1 Å². The number of benzene rings is 1. The van der Waals surface area contributed by atoms with E-state index < -0.39 is 11.1 Å². The van der Waals surface area contributed by atoms with Crippen molar-refractivity contribution in [2.45, 2.75) is 32.0 Å². The lowest BCUT2D eigenvalue weighted by Crippen LogP contribution is -2.44. The van der Waals surface area contributed by atoms with E-state index in [1.54, 1.807) is 6.07 Å². The first-order chi connectivity index (χ1) is 14.5. The van der Waals surface area contributed by atoms with Crippen molar-refractivity contribution in [3.05, 3.63) is 46.5 Å². The van der Waals surface area contributed by atoms with Gasteiger partial charge < -0.3 is 20.4 Å². The second-order valence-electron chi connectivity index (χ2n) is 7.80. The Morgan fingerprint density at radius 2 is 1.90 bits per heavy atom. The first kappa shape index (κ1) is 20.3. The Labute approximate surface area is 175 Å². The van der Waals surface area contributed by atoms with Crippen molar-refractivity contribution in [3.63, 3.8) is 0 Å². The number of halogens is 1. The van der Waals surface area contributed by atoms with Gasteiger partial charge in [0.25, 0.3) is 0 Å². The Kier molecular flexibility index (Phi) is 5.98. The van der Waals surface area contributed by atoms with Crippen LogP contribution < -0.4 is 20.4 Å². The summed E-state index contributed by atoms with van der Waals surface area (Å²) >= 11 is 0. The molecule has 30 heavy (non-hydrogen) atoms. The molecule has 4 rings (SSSR count). The number of alkyl halides is 1. The molecular weight excluding hydrogens is 387 g/mol. The molecule has 2 fully saturated rings. The molecule has 2 N–H and O–H groups in total. The Morgan fingerprint density at radius 3 is 2.60 bits per heavy atom. The van der Waals surface area contributed by atoms with Crippen LogP contribution in [0.4, 0.5) is 33.1 Å². The van der Waals surface area contributed by atoms with Crippen LogP contribution in [0.2, 0.25) is 0 Å². The van der Waals surface area contributed by atoms with Gasteiger partial charge in [-0.15, -0.1) is 0 Å². The fraction of sp³-hybridized carbons (Fsp3) is 0.476. The van der Waals surface area contributed by atoms with Crippen LogP contribution in [-0.4, -0.2) is 54.8 Å². The van der Waals surface area contributed by atoms with E-state index in [-0.39, 0.29) is 17.5 Å². The topological polar surface area (TPSA) is 86.6 Å². The highest BCUT2D eigenvalue weighted by Crippen LogP contribution is 2.31. The number of anilines is 4. The van der Waals surface area contributed by atoms with E-state index in [1.807, 2.05) is 31.2 Å². The summed E-state index contributed by atoms with van der Waals surface area (Å²) in [6.45, 7) is 6.07. The zero-order valence-corrected chi connectivity index (χ0v) is 17.1. The standard InChI is InChI=1S/C21H27FN6O2/c1-15-18(22)3-2-12-27(15)17-6-4-16(5-7-17)24-21-19(28(29)30)8-9-20(25-21)26-13-10-23-11-14-26/h4-9,15,18,23H,2-3,10-14H2,1H3,(H,24,25). The number of rotatable bonds is 5. The number of nitrogens with zero attached hydrogens (tertiary/aromatic N) is 4. The Balaban J connectivity index is 1.54. The normalized spacial score (nSPS) is 22.1. The molecule has 8 nitrogen and oxygen atoms in total. The smallest absolute Gasteiger partial charge is 0.311 e. The SMILES string of the molecule is CC1C(F)CCCN1c1ccc(Nc2nc(N3CCNCC3)ccc2[N+](=O)[O-])cc1. The highest BCUT2D eigenvalue weighted by molar-refractivity contribution is 5.69. The summed E-state index contributed by atoms with van der Waals surface area (Å²) in [6.07, 6.45) is 0.618. The van der Waals surface area contributed by atoms with Gasteiger partial charge >= 0.3 is 5.69 Å². The highest BCUT2D eigenvalue weighted by atomic mass is 19.1. The molecule has 2 aliphatic heterocycles. The maximum absolute atomic E-state index is 14.1. The number of hydrogen-bond acceptors (Lipinski definition) is 7. The van der Waals surface area contributed by atoms with Crippen molar-refractivity contribution in [1.29, 1.82) is 0 Å². The van der Waals surface area contributed by atoms with Crippen LogP contribution in [0.5, 0.6) is 0 Å². The van der Waals surface area contributed by atoms with Crippen LogP contribution in [0, 0.1) is 10.1 Å². The van der Waals surface area contributed by atoms with E-state index in [9.17, 15) is 14.5 Å². The molecule has 9 heteroatoms. The van der Waals surface area contributed by atoms with Crippen molar-refractivity contribution in [3.8, 4) is 0 Å².